The number of benzene rings is 2. The normalized spacial score (nSPS) is 15.7. The number of aromatic nitrogens is 1. The number of carbonyl (C=O) groups is 1. The van der Waals surface area contributed by atoms with Gasteiger partial charge in [0.25, 0.3) is 0 Å². The molecule has 0 spiro atoms. The lowest BCUT2D eigenvalue weighted by molar-refractivity contribution is -0.121. The zero-order chi connectivity index (χ0) is 23.8. The molecule has 1 saturated heterocycles. The SMILES string of the molecule is Cc1cc(CC(=O)NC2CCN([C@H](C)CN(SCc3ccccc3)c3ccccc3)CC2)on1. The molecule has 0 saturated carbocycles. The zero-order valence-corrected chi connectivity index (χ0v) is 20.8. The van der Waals surface area contributed by atoms with Crippen molar-refractivity contribution in [2.45, 2.75) is 50.9 Å². The number of para-hydroxylation sites is 1. The first-order valence-corrected chi connectivity index (χ1v) is 13.0. The summed E-state index contributed by atoms with van der Waals surface area (Å²) in [7, 11) is 0. The Morgan fingerprint density at radius 2 is 1.82 bits per heavy atom. The Morgan fingerprint density at radius 1 is 1.15 bits per heavy atom. The molecule has 0 unspecified atom stereocenters. The van der Waals surface area contributed by atoms with E-state index in [-0.39, 0.29) is 18.4 Å². The molecule has 1 aliphatic heterocycles. The average Bonchev–Trinajstić information content (AvgIpc) is 3.27. The summed E-state index contributed by atoms with van der Waals surface area (Å²) in [5.74, 6) is 1.58. The van der Waals surface area contributed by atoms with Crippen LogP contribution in [0.4, 0.5) is 5.69 Å². The third kappa shape index (κ3) is 7.11. The average molecular weight is 479 g/mol. The van der Waals surface area contributed by atoms with Crippen molar-refractivity contribution in [1.82, 2.24) is 15.4 Å². The van der Waals surface area contributed by atoms with E-state index in [1.165, 1.54) is 11.3 Å². The monoisotopic (exact) mass is 478 g/mol. The largest absolute Gasteiger partial charge is 0.361 e. The standard InChI is InChI=1S/C27H34N4O2S/c1-21-17-26(33-29-21)18-27(32)28-24-13-15-30(16-14-24)22(2)19-31(25-11-7-4-8-12-25)34-20-23-9-5-3-6-10-23/h3-12,17,22,24H,13-16,18-20H2,1-2H3,(H,28,32)/t22-/m1/s1. The molecule has 0 bridgehead atoms. The summed E-state index contributed by atoms with van der Waals surface area (Å²) in [6.07, 6.45) is 2.18. The number of nitrogens with one attached hydrogen (secondary N) is 1. The Hall–Kier alpha value is -2.77. The summed E-state index contributed by atoms with van der Waals surface area (Å²) in [5, 5.41) is 7.03. The molecular formula is C27H34N4O2S. The highest BCUT2D eigenvalue weighted by atomic mass is 32.2. The van der Waals surface area contributed by atoms with Crippen LogP contribution in [-0.2, 0) is 17.0 Å². The van der Waals surface area contributed by atoms with Gasteiger partial charge in [-0.3, -0.25) is 9.69 Å². The predicted octanol–water partition coefficient (Wildman–Crippen LogP) is 4.85. The second-order valence-corrected chi connectivity index (χ2v) is 9.98. The number of likely N-dealkylation sites (tertiary alicyclic amines) is 1. The first kappa shape index (κ1) is 24.4. The van der Waals surface area contributed by atoms with Crippen LogP contribution in [0.1, 0.15) is 36.8 Å². The third-order valence-corrected chi connectivity index (χ3v) is 7.37. The van der Waals surface area contributed by atoms with Gasteiger partial charge in [0.05, 0.1) is 12.1 Å². The van der Waals surface area contributed by atoms with Crippen molar-refractivity contribution in [3.8, 4) is 0 Å². The Kier molecular flexibility index (Phi) is 8.66. The molecule has 1 atom stereocenters. The van der Waals surface area contributed by atoms with Crippen LogP contribution < -0.4 is 9.62 Å². The van der Waals surface area contributed by atoms with Gasteiger partial charge >= 0.3 is 0 Å². The summed E-state index contributed by atoms with van der Waals surface area (Å²) in [5.41, 5.74) is 3.37. The van der Waals surface area contributed by atoms with Crippen molar-refractivity contribution in [2.75, 3.05) is 23.9 Å². The summed E-state index contributed by atoms with van der Waals surface area (Å²) in [4.78, 5) is 14.9. The van der Waals surface area contributed by atoms with Gasteiger partial charge < -0.3 is 14.1 Å². The third-order valence-electron chi connectivity index (χ3n) is 6.23. The fourth-order valence-electron chi connectivity index (χ4n) is 4.33. The van der Waals surface area contributed by atoms with Gasteiger partial charge in [-0.15, -0.1) is 0 Å². The number of hydrogen-bond donors (Lipinski definition) is 1. The first-order valence-electron chi connectivity index (χ1n) is 12.0. The molecule has 0 aliphatic carbocycles. The highest BCUT2D eigenvalue weighted by molar-refractivity contribution is 7.99. The minimum Gasteiger partial charge on any atom is -0.361 e. The van der Waals surface area contributed by atoms with Crippen LogP contribution >= 0.6 is 11.9 Å². The summed E-state index contributed by atoms with van der Waals surface area (Å²) in [6, 6.07) is 23.7. The molecule has 1 N–H and O–H groups in total. The maximum atomic E-state index is 12.4. The van der Waals surface area contributed by atoms with E-state index in [2.05, 4.69) is 87.3 Å². The molecule has 180 valence electrons. The quantitative estimate of drug-likeness (QED) is 0.421. The van der Waals surface area contributed by atoms with E-state index < -0.39 is 0 Å². The number of amides is 1. The van der Waals surface area contributed by atoms with Gasteiger partial charge in [0.2, 0.25) is 5.91 Å². The van der Waals surface area contributed by atoms with Crippen LogP contribution in [0.2, 0.25) is 0 Å². The van der Waals surface area contributed by atoms with Crippen LogP contribution in [0.3, 0.4) is 0 Å². The van der Waals surface area contributed by atoms with E-state index in [0.717, 1.165) is 43.9 Å². The molecular weight excluding hydrogens is 444 g/mol. The van der Waals surface area contributed by atoms with Gasteiger partial charge in [0.1, 0.15) is 5.76 Å². The van der Waals surface area contributed by atoms with Gasteiger partial charge in [0.15, 0.2) is 0 Å². The number of hydrogen-bond acceptors (Lipinski definition) is 6. The molecule has 1 aliphatic rings. The van der Waals surface area contributed by atoms with Crippen LogP contribution in [0.15, 0.2) is 71.3 Å². The van der Waals surface area contributed by atoms with Crippen molar-refractivity contribution < 1.29 is 9.32 Å². The van der Waals surface area contributed by atoms with Gasteiger partial charge in [-0.1, -0.05) is 53.7 Å². The Morgan fingerprint density at radius 3 is 2.47 bits per heavy atom. The molecule has 0 radical (unpaired) electrons. The Bertz CT molecular complexity index is 1020. The second kappa shape index (κ2) is 12.1. The number of anilines is 1. The van der Waals surface area contributed by atoms with E-state index in [1.807, 2.05) is 24.9 Å². The minimum absolute atomic E-state index is 0.00946. The molecule has 6 nitrogen and oxygen atoms in total. The molecule has 4 rings (SSSR count). The molecule has 2 aromatic carbocycles. The molecule has 7 heteroatoms. The van der Waals surface area contributed by atoms with E-state index >= 15 is 0 Å². The van der Waals surface area contributed by atoms with Crippen LogP contribution in [0.5, 0.6) is 0 Å². The van der Waals surface area contributed by atoms with E-state index in [0.29, 0.717) is 11.8 Å². The summed E-state index contributed by atoms with van der Waals surface area (Å²) < 4.78 is 7.59. The fraction of sp³-hybridized carbons (Fsp3) is 0.407. The number of aryl methyl sites for hydroxylation is 1. The summed E-state index contributed by atoms with van der Waals surface area (Å²) >= 11 is 1.87. The molecule has 1 amide bonds. The number of rotatable bonds is 10. The van der Waals surface area contributed by atoms with Crippen molar-refractivity contribution in [3.63, 3.8) is 0 Å². The van der Waals surface area contributed by atoms with Crippen molar-refractivity contribution in [1.29, 1.82) is 0 Å². The van der Waals surface area contributed by atoms with Crippen LogP contribution in [0, 0.1) is 6.92 Å². The van der Waals surface area contributed by atoms with Gasteiger partial charge in [0, 0.05) is 49.2 Å². The van der Waals surface area contributed by atoms with E-state index in [4.69, 9.17) is 4.52 Å². The molecule has 34 heavy (non-hydrogen) atoms. The van der Waals surface area contributed by atoms with E-state index in [1.54, 1.807) is 0 Å². The molecule has 1 aromatic heterocycles. The zero-order valence-electron chi connectivity index (χ0n) is 20.0. The van der Waals surface area contributed by atoms with Gasteiger partial charge in [-0.25, -0.2) is 0 Å². The minimum atomic E-state index is 0.00946. The summed E-state index contributed by atoms with van der Waals surface area (Å²) in [6.45, 7) is 7.09. The molecule has 1 fully saturated rings. The maximum absolute atomic E-state index is 12.4. The van der Waals surface area contributed by atoms with Gasteiger partial charge in [-0.05, 0) is 56.3 Å². The van der Waals surface area contributed by atoms with Crippen molar-refractivity contribution >= 4 is 23.5 Å². The Balaban J connectivity index is 1.27. The second-order valence-electron chi connectivity index (χ2n) is 8.99. The lowest BCUT2D eigenvalue weighted by Gasteiger charge is -2.38. The smallest absolute Gasteiger partial charge is 0.227 e. The van der Waals surface area contributed by atoms with Crippen molar-refractivity contribution in [2.24, 2.45) is 0 Å². The number of nitrogens with zero attached hydrogens (tertiary/aromatic N) is 3. The Labute approximate surface area is 206 Å². The molecule has 2 heterocycles. The predicted molar refractivity (Wildman–Crippen MR) is 139 cm³/mol. The van der Waals surface area contributed by atoms with Gasteiger partial charge in [-0.2, -0.15) is 0 Å². The van der Waals surface area contributed by atoms with Crippen molar-refractivity contribution in [3.05, 3.63) is 83.7 Å². The highest BCUT2D eigenvalue weighted by Crippen LogP contribution is 2.27. The topological polar surface area (TPSA) is 61.6 Å². The lowest BCUT2D eigenvalue weighted by Crippen LogP contribution is -2.49. The first-order chi connectivity index (χ1) is 16.6. The van der Waals surface area contributed by atoms with Crippen LogP contribution in [-0.4, -0.2) is 47.7 Å². The maximum Gasteiger partial charge on any atom is 0.227 e. The van der Waals surface area contributed by atoms with E-state index in [9.17, 15) is 4.79 Å². The number of piperidine rings is 1. The fourth-order valence-corrected chi connectivity index (χ4v) is 5.42. The number of carbonyl (C=O) groups excluding carboxylic acids is 1. The lowest BCUT2D eigenvalue weighted by atomic mass is 10.0. The highest BCUT2D eigenvalue weighted by Gasteiger charge is 2.25. The molecule has 3 aromatic rings. The van der Waals surface area contributed by atoms with Crippen LogP contribution in [0.25, 0.3) is 0 Å².